The lowest BCUT2D eigenvalue weighted by molar-refractivity contribution is -0.137. The summed E-state index contributed by atoms with van der Waals surface area (Å²) in [6.07, 6.45) is -5.75. The Labute approximate surface area is 839 Å². The normalized spacial score (nSPS) is 13.0. The molecule has 0 saturated carbocycles. The second kappa shape index (κ2) is 47.1. The Hall–Kier alpha value is -16.9. The van der Waals surface area contributed by atoms with E-state index in [0.717, 1.165) is 63.7 Å². The number of aromatic nitrogens is 13. The van der Waals surface area contributed by atoms with Crippen molar-refractivity contribution in [1.82, 2.24) is 80.4 Å². The zero-order valence-corrected chi connectivity index (χ0v) is 81.5. The monoisotopic (exact) mass is 2010 g/mol. The van der Waals surface area contributed by atoms with E-state index in [4.69, 9.17) is 47.3 Å². The molecule has 147 heavy (non-hydrogen) atoms. The fourth-order valence-corrected chi connectivity index (χ4v) is 16.1. The number of anilines is 1. The minimum absolute atomic E-state index is 0.0148. The molecule has 19 rings (SSSR count). The maximum absolute atomic E-state index is 13.7. The molecule has 1 amide bonds. The second-order valence-electron chi connectivity index (χ2n) is 34.0. The Bertz CT molecular complexity index is 7490. The number of pyridine rings is 3. The number of carbonyl (C=O) groups excluding carboxylic acids is 1. The smallest absolute Gasteiger partial charge is 0.417 e. The minimum atomic E-state index is -4.54. The van der Waals surface area contributed by atoms with Crippen molar-refractivity contribution in [2.24, 2.45) is 0 Å². The number of nitrogen functional groups attached to an aromatic ring is 1. The number of likely N-dealkylation sites (N-methyl/N-ethyl adjacent to an activating group) is 1. The number of alkyl halides is 9. The van der Waals surface area contributed by atoms with Gasteiger partial charge in [0, 0.05) is 120 Å². The molecule has 0 bridgehead atoms. The molecule has 10 aromatic carbocycles. The van der Waals surface area contributed by atoms with E-state index in [-0.39, 0.29) is 80.5 Å². The van der Waals surface area contributed by atoms with Gasteiger partial charge in [0.25, 0.3) is 29.5 Å². The fourth-order valence-electron chi connectivity index (χ4n) is 16.1. The fraction of sp³-hybridized carbons (Fsp3) is 0.218. The van der Waals surface area contributed by atoms with Gasteiger partial charge >= 0.3 is 18.5 Å². The van der Waals surface area contributed by atoms with Crippen LogP contribution in [0.15, 0.2) is 302 Å². The van der Waals surface area contributed by atoms with Gasteiger partial charge in [-0.1, -0.05) is 165 Å². The Morgan fingerprint density at radius 2 is 0.762 bits per heavy atom. The van der Waals surface area contributed by atoms with Crippen LogP contribution in [0.4, 0.5) is 45.3 Å². The molecule has 0 spiro atoms. The molecular weight excluding hydrogens is 1910 g/mol. The number of benzene rings is 10. The summed E-state index contributed by atoms with van der Waals surface area (Å²) in [4.78, 5) is 52.0. The molecule has 8 aromatic heterocycles. The zero-order chi connectivity index (χ0) is 104. The SMILES string of the molecule is CCOc1ccc(-c2nc(-c3ccc(CN(C)C)c(C)c3)no2)cc1OCC.CCOc1ccc(-c2nc(-c3ccc(CN4C[C@H](O)C[C@H]4C(=O)N(C)C)cc3C)no2)cc1OCC.Cc1cnccc1-c1noc(-c2ccc(-c3ccccc3)c(C(F)(F)F)c2)n1.FC(F)(F)c1cc(-c2nc(-c3ccncc3)no2)ccc1-c1ccccc1.Nc1cc(-c2noc(-c3ccc(-c4ccccc4)c(C(F)(F)F)c3)n2)ccn1. The van der Waals surface area contributed by atoms with E-state index < -0.39 is 41.3 Å². The highest BCUT2D eigenvalue weighted by atomic mass is 19.4. The van der Waals surface area contributed by atoms with Crippen LogP contribution in [0.25, 0.3) is 148 Å². The van der Waals surface area contributed by atoms with E-state index in [1.165, 1.54) is 41.6 Å². The molecule has 1 fully saturated rings. The van der Waals surface area contributed by atoms with Crippen molar-refractivity contribution >= 4 is 11.7 Å². The van der Waals surface area contributed by atoms with Gasteiger partial charge in [0.2, 0.25) is 35.0 Å². The van der Waals surface area contributed by atoms with E-state index in [1.54, 1.807) is 177 Å². The number of amides is 1. The molecule has 2 atom stereocenters. The van der Waals surface area contributed by atoms with E-state index in [2.05, 4.69) is 110 Å². The highest BCUT2D eigenvalue weighted by Crippen LogP contribution is 2.45. The number of nitrogens with two attached hydrogens (primary N) is 1. The standard InChI is InChI=1S/C27H34N4O5.C22H27N3O3.C21H14F3N3O.C20H13F3N4O.C20H12F3N3O/c1-6-34-23-11-9-19(13-24(23)35-7-2)26-28-25(29-36-26)21-10-8-18(12-17(21)3)15-31-16-20(32)14-22(31)27(33)30(4)5;1-6-26-19-11-10-17(13-20(19)27-7-2)22-23-21(24-28-22)16-8-9-18(14-25(4)5)15(3)12-16;1-13-12-25-10-9-16(13)19-26-20(28-27-19)15-7-8-17(14-5-3-2-4-6-14)18(11-15)21(22,23)24;21-20(22,23)16-10-14(6-7-15(16)12-4-2-1-3-5-12)19-26-18(27-28-19)13-8-9-25-17(24)11-13;21-20(22,23)17-12-15(6-7-16(17)13-4-2-1-3-5-13)19-25-18(26-27-19)14-8-10-24-11-9-14/h8-13,20,22,32H,6-7,14-16H2,1-5H3;8-13H,6-7,14H2,1-5H3;2-12H,1H3;1-11H,(H2,24,25);1-12H/t20-,22+;;;;/m1..../s1. The molecule has 18 aromatic rings. The van der Waals surface area contributed by atoms with Crippen LogP contribution in [0.3, 0.4) is 0 Å². The van der Waals surface area contributed by atoms with Gasteiger partial charge in [-0.15, -0.1) is 0 Å². The summed E-state index contributed by atoms with van der Waals surface area (Å²) >= 11 is 0. The zero-order valence-electron chi connectivity index (χ0n) is 81.5. The van der Waals surface area contributed by atoms with Gasteiger partial charge in [-0.3, -0.25) is 19.7 Å². The topological polar surface area (TPSA) is 343 Å². The summed E-state index contributed by atoms with van der Waals surface area (Å²) < 4.78 is 172. The Kier molecular flexibility index (Phi) is 33.4. The van der Waals surface area contributed by atoms with Crippen molar-refractivity contribution in [2.45, 2.75) is 98.7 Å². The number of carbonyl (C=O) groups is 1. The van der Waals surface area contributed by atoms with Crippen molar-refractivity contribution in [2.75, 3.05) is 66.9 Å². The third-order valence-electron chi connectivity index (χ3n) is 23.0. The number of ether oxygens (including phenoxy) is 4. The first kappa shape index (κ1) is 104. The van der Waals surface area contributed by atoms with Gasteiger partial charge in [0.05, 0.1) is 55.3 Å². The van der Waals surface area contributed by atoms with Gasteiger partial charge in [-0.2, -0.15) is 64.4 Å². The van der Waals surface area contributed by atoms with Crippen molar-refractivity contribution in [3.05, 3.63) is 324 Å². The van der Waals surface area contributed by atoms with Crippen LogP contribution in [0.2, 0.25) is 0 Å². The summed E-state index contributed by atoms with van der Waals surface area (Å²) in [6.45, 7) is 17.8. The summed E-state index contributed by atoms with van der Waals surface area (Å²) in [5.74, 6) is 5.72. The highest BCUT2D eigenvalue weighted by molar-refractivity contribution is 5.82. The van der Waals surface area contributed by atoms with Gasteiger partial charge in [-0.05, 0) is 239 Å². The van der Waals surface area contributed by atoms with Crippen LogP contribution >= 0.6 is 0 Å². The molecule has 9 heterocycles. The van der Waals surface area contributed by atoms with Crippen LogP contribution in [0.1, 0.15) is 78.6 Å². The van der Waals surface area contributed by atoms with Crippen molar-refractivity contribution in [1.29, 1.82) is 0 Å². The maximum Gasteiger partial charge on any atom is 0.417 e. The lowest BCUT2D eigenvalue weighted by Gasteiger charge is -2.26. The van der Waals surface area contributed by atoms with Crippen LogP contribution in [0, 0.1) is 20.8 Å². The number of likely N-dealkylation sites (tertiary alicyclic amines) is 1. The van der Waals surface area contributed by atoms with E-state index in [9.17, 15) is 49.4 Å². The third-order valence-corrected chi connectivity index (χ3v) is 23.0. The van der Waals surface area contributed by atoms with Crippen LogP contribution in [-0.4, -0.2) is 165 Å². The molecule has 754 valence electrons. The Balaban J connectivity index is 0.000000138. The number of rotatable bonds is 26. The van der Waals surface area contributed by atoms with Crippen molar-refractivity contribution in [3.63, 3.8) is 0 Å². The molecule has 1 aliphatic heterocycles. The average molecular weight is 2010 g/mol. The summed E-state index contributed by atoms with van der Waals surface area (Å²) in [5, 5.41) is 30.1. The summed E-state index contributed by atoms with van der Waals surface area (Å²) in [5.41, 5.74) is 16.3. The Morgan fingerprint density at radius 1 is 0.388 bits per heavy atom. The quantitative estimate of drug-likeness (QED) is 0.0476. The van der Waals surface area contributed by atoms with Crippen molar-refractivity contribution < 1.29 is 91.0 Å². The van der Waals surface area contributed by atoms with E-state index >= 15 is 0 Å². The number of β-amino-alcohol motifs (C(OH)–C–C–N with tert-alkyl or cyclic N) is 1. The highest BCUT2D eigenvalue weighted by Gasteiger charge is 2.40. The number of halogens is 9. The molecule has 1 saturated heterocycles. The number of aryl methyl sites for hydroxylation is 3. The molecule has 3 N–H and O–H groups in total. The number of hydrogen-bond donors (Lipinski definition) is 2. The molecule has 37 heteroatoms. The van der Waals surface area contributed by atoms with Gasteiger partial charge in [-0.25, -0.2) is 4.98 Å². The Morgan fingerprint density at radius 3 is 1.16 bits per heavy atom. The third kappa shape index (κ3) is 26.2. The van der Waals surface area contributed by atoms with Gasteiger partial charge in [0.15, 0.2) is 23.0 Å². The largest absolute Gasteiger partial charge is 0.490 e. The minimum Gasteiger partial charge on any atom is -0.490 e. The van der Waals surface area contributed by atoms with E-state index in [1.807, 2.05) is 101 Å². The summed E-state index contributed by atoms with van der Waals surface area (Å²) in [7, 11) is 7.61. The summed E-state index contributed by atoms with van der Waals surface area (Å²) in [6, 6.07) is 68.6. The maximum atomic E-state index is 13.7. The van der Waals surface area contributed by atoms with E-state index in [0.29, 0.717) is 132 Å². The molecule has 0 aliphatic carbocycles. The molecule has 28 nitrogen and oxygen atoms in total. The molecular formula is C110H100F9N17O11. The van der Waals surface area contributed by atoms with Crippen LogP contribution in [0.5, 0.6) is 23.0 Å². The lowest BCUT2D eigenvalue weighted by atomic mass is 9.97. The molecule has 1 aliphatic rings. The predicted molar refractivity (Wildman–Crippen MR) is 535 cm³/mol. The van der Waals surface area contributed by atoms with Crippen LogP contribution < -0.4 is 24.7 Å². The first-order chi connectivity index (χ1) is 70.7. The first-order valence-electron chi connectivity index (χ1n) is 46.5. The number of hydrogen-bond acceptors (Lipinski definition) is 27. The van der Waals surface area contributed by atoms with Crippen LogP contribution in [-0.2, 0) is 36.4 Å². The molecule has 0 radical (unpaired) electrons. The number of nitrogens with zero attached hydrogens (tertiary/aromatic N) is 16. The number of aliphatic hydroxyl groups is 1. The average Bonchev–Trinajstić information content (AvgIpc) is 1.70. The second-order valence-corrected chi connectivity index (χ2v) is 34.0. The first-order valence-corrected chi connectivity index (χ1v) is 46.5. The van der Waals surface area contributed by atoms with Gasteiger partial charge in [0.1, 0.15) is 5.82 Å². The lowest BCUT2D eigenvalue weighted by Crippen LogP contribution is -2.42. The molecule has 0 unspecified atom stereocenters. The number of aliphatic hydroxyl groups excluding tert-OH is 1. The van der Waals surface area contributed by atoms with Gasteiger partial charge < -0.3 is 62.2 Å². The van der Waals surface area contributed by atoms with Crippen molar-refractivity contribution in [3.8, 4) is 171 Å². The predicted octanol–water partition coefficient (Wildman–Crippen LogP) is 24.4.